The van der Waals surface area contributed by atoms with Gasteiger partial charge in [0, 0.05) is 41.5 Å². The Morgan fingerprint density at radius 3 is 2.74 bits per heavy atom. The highest BCUT2D eigenvalue weighted by atomic mass is 15.3. The van der Waals surface area contributed by atoms with Crippen molar-refractivity contribution in [2.75, 3.05) is 7.05 Å². The first-order chi connectivity index (χ1) is 13.2. The lowest BCUT2D eigenvalue weighted by Gasteiger charge is -2.40. The Hall–Kier alpha value is -3.05. The van der Waals surface area contributed by atoms with E-state index in [2.05, 4.69) is 75.2 Å². The van der Waals surface area contributed by atoms with Gasteiger partial charge < -0.3 is 15.6 Å². The van der Waals surface area contributed by atoms with E-state index in [4.69, 9.17) is 5.73 Å². The minimum Gasteiger partial charge on any atom is -0.361 e. The fourth-order valence-corrected chi connectivity index (χ4v) is 4.34. The molecule has 3 aromatic rings. The smallest absolute Gasteiger partial charge is 0.190 e. The quantitative estimate of drug-likeness (QED) is 0.568. The van der Waals surface area contributed by atoms with Crippen LogP contribution in [0.3, 0.4) is 0 Å². The van der Waals surface area contributed by atoms with E-state index in [0.717, 1.165) is 35.1 Å². The Labute approximate surface area is 158 Å². The SMILES string of the molecule is CN=C1NC(N)(c2ccc3[nH]ccc3c2)NC2=C1CCC2c1ccccc1. The molecule has 0 amide bonds. The summed E-state index contributed by atoms with van der Waals surface area (Å²) in [5.74, 6) is 0.314. The second kappa shape index (κ2) is 5.99. The lowest BCUT2D eigenvalue weighted by Crippen LogP contribution is -2.65. The molecule has 5 heteroatoms. The summed E-state index contributed by atoms with van der Waals surface area (Å²) in [5, 5.41) is 8.22. The summed E-state index contributed by atoms with van der Waals surface area (Å²) in [6, 6.07) is 18.9. The summed E-state index contributed by atoms with van der Waals surface area (Å²) in [6.45, 7) is 0. The Morgan fingerprint density at radius 1 is 1.07 bits per heavy atom. The average molecular weight is 357 g/mol. The van der Waals surface area contributed by atoms with Crippen LogP contribution in [0.1, 0.15) is 29.9 Å². The van der Waals surface area contributed by atoms with Gasteiger partial charge >= 0.3 is 0 Å². The van der Waals surface area contributed by atoms with Crippen molar-refractivity contribution in [1.82, 2.24) is 15.6 Å². The molecule has 0 bridgehead atoms. The molecule has 0 saturated carbocycles. The number of fused-ring (bicyclic) bond motifs is 1. The van der Waals surface area contributed by atoms with Crippen LogP contribution < -0.4 is 16.4 Å². The first kappa shape index (κ1) is 16.1. The van der Waals surface area contributed by atoms with Crippen molar-refractivity contribution >= 4 is 16.7 Å². The molecule has 2 heterocycles. The van der Waals surface area contributed by atoms with Crippen LogP contribution in [0.15, 0.2) is 77.1 Å². The van der Waals surface area contributed by atoms with Gasteiger partial charge in [-0.2, -0.15) is 0 Å². The standard InChI is InChI=1S/C22H23N5/c1-24-21-18-9-8-17(14-5-3-2-4-6-14)20(18)26-22(23,27-21)16-7-10-19-15(13-16)11-12-25-19/h2-7,10-13,17,25-26H,8-9,23H2,1H3,(H,24,27). The highest BCUT2D eigenvalue weighted by molar-refractivity contribution is 6.01. The number of aromatic nitrogens is 1. The third kappa shape index (κ3) is 2.54. The lowest BCUT2D eigenvalue weighted by molar-refractivity contribution is 0.332. The number of benzene rings is 2. The molecule has 0 spiro atoms. The van der Waals surface area contributed by atoms with E-state index >= 15 is 0 Å². The first-order valence-corrected chi connectivity index (χ1v) is 9.36. The number of aromatic amines is 1. The molecule has 1 aromatic heterocycles. The number of nitrogens with two attached hydrogens (primary N) is 1. The predicted octanol–water partition coefficient (Wildman–Crippen LogP) is 3.29. The number of aliphatic imine (C=N–C) groups is 1. The first-order valence-electron chi connectivity index (χ1n) is 9.36. The average Bonchev–Trinajstić information content (AvgIpc) is 3.34. The summed E-state index contributed by atoms with van der Waals surface area (Å²) in [7, 11) is 1.82. The molecular formula is C22H23N5. The number of rotatable bonds is 2. The molecule has 2 aromatic carbocycles. The molecule has 0 radical (unpaired) electrons. The third-order valence-corrected chi connectivity index (χ3v) is 5.72. The number of nitrogens with zero attached hydrogens (tertiary/aromatic N) is 1. The molecule has 2 aliphatic rings. The number of nitrogens with one attached hydrogen (secondary N) is 3. The highest BCUT2D eigenvalue weighted by Gasteiger charge is 2.41. The van der Waals surface area contributed by atoms with E-state index in [1.807, 2.05) is 13.2 Å². The van der Waals surface area contributed by atoms with Crippen molar-refractivity contribution in [2.24, 2.45) is 10.7 Å². The maximum Gasteiger partial charge on any atom is 0.190 e. The van der Waals surface area contributed by atoms with E-state index in [1.165, 1.54) is 16.8 Å². The van der Waals surface area contributed by atoms with Gasteiger partial charge in [0.15, 0.2) is 5.79 Å². The highest BCUT2D eigenvalue weighted by Crippen LogP contribution is 2.41. The molecule has 0 saturated heterocycles. The van der Waals surface area contributed by atoms with Gasteiger partial charge in [0.05, 0.1) is 0 Å². The zero-order valence-electron chi connectivity index (χ0n) is 15.3. The maximum atomic E-state index is 6.85. The molecule has 5 N–H and O–H groups in total. The van der Waals surface area contributed by atoms with Gasteiger partial charge in [0.25, 0.3) is 0 Å². The molecule has 27 heavy (non-hydrogen) atoms. The molecular weight excluding hydrogens is 334 g/mol. The summed E-state index contributed by atoms with van der Waals surface area (Å²) < 4.78 is 0. The summed E-state index contributed by atoms with van der Waals surface area (Å²) in [4.78, 5) is 7.75. The van der Waals surface area contributed by atoms with Crippen LogP contribution in [0, 0.1) is 0 Å². The zero-order chi connectivity index (χ0) is 18.4. The number of hydrogen-bond donors (Lipinski definition) is 4. The summed E-state index contributed by atoms with van der Waals surface area (Å²) in [5.41, 5.74) is 12.7. The molecule has 2 atom stereocenters. The Morgan fingerprint density at radius 2 is 1.93 bits per heavy atom. The van der Waals surface area contributed by atoms with Crippen LogP contribution >= 0.6 is 0 Å². The van der Waals surface area contributed by atoms with Gasteiger partial charge in [-0.15, -0.1) is 0 Å². The normalized spacial score (nSPS) is 26.1. The molecule has 2 unspecified atom stereocenters. The van der Waals surface area contributed by atoms with Crippen molar-refractivity contribution in [1.29, 1.82) is 0 Å². The maximum absolute atomic E-state index is 6.85. The van der Waals surface area contributed by atoms with Gasteiger partial charge in [-0.05, 0) is 42.0 Å². The van der Waals surface area contributed by atoms with Crippen LogP contribution in [0.25, 0.3) is 10.9 Å². The van der Waals surface area contributed by atoms with Crippen LogP contribution in [0.4, 0.5) is 0 Å². The van der Waals surface area contributed by atoms with E-state index < -0.39 is 5.79 Å². The Bertz CT molecular complexity index is 1060. The monoisotopic (exact) mass is 357 g/mol. The number of hydrogen-bond acceptors (Lipinski definition) is 3. The number of H-pyrrole nitrogens is 1. The largest absolute Gasteiger partial charge is 0.361 e. The van der Waals surface area contributed by atoms with Gasteiger partial charge in [-0.3, -0.25) is 10.7 Å². The van der Waals surface area contributed by atoms with Gasteiger partial charge in [-0.1, -0.05) is 36.4 Å². The van der Waals surface area contributed by atoms with Crippen molar-refractivity contribution in [3.8, 4) is 0 Å². The molecule has 5 rings (SSSR count). The lowest BCUT2D eigenvalue weighted by atomic mass is 9.94. The molecule has 5 nitrogen and oxygen atoms in total. The van der Waals surface area contributed by atoms with Gasteiger partial charge in [0.1, 0.15) is 5.84 Å². The second-order valence-corrected chi connectivity index (χ2v) is 7.30. The second-order valence-electron chi connectivity index (χ2n) is 7.30. The predicted molar refractivity (Wildman–Crippen MR) is 109 cm³/mol. The molecule has 136 valence electrons. The van der Waals surface area contributed by atoms with E-state index in [9.17, 15) is 0 Å². The van der Waals surface area contributed by atoms with Crippen LogP contribution in [0.2, 0.25) is 0 Å². The Kier molecular flexibility index (Phi) is 3.58. The topological polar surface area (TPSA) is 78.2 Å². The van der Waals surface area contributed by atoms with Crippen LogP contribution in [0.5, 0.6) is 0 Å². The van der Waals surface area contributed by atoms with Crippen molar-refractivity contribution in [3.63, 3.8) is 0 Å². The van der Waals surface area contributed by atoms with Crippen LogP contribution in [-0.4, -0.2) is 17.9 Å². The van der Waals surface area contributed by atoms with E-state index in [-0.39, 0.29) is 0 Å². The van der Waals surface area contributed by atoms with E-state index in [1.54, 1.807) is 0 Å². The van der Waals surface area contributed by atoms with Crippen molar-refractivity contribution < 1.29 is 0 Å². The fourth-order valence-electron chi connectivity index (χ4n) is 4.34. The van der Waals surface area contributed by atoms with Crippen molar-refractivity contribution in [3.05, 3.63) is 83.2 Å². The minimum absolute atomic E-state index is 0.318. The van der Waals surface area contributed by atoms with E-state index in [0.29, 0.717) is 5.92 Å². The number of allylic oxidation sites excluding steroid dienone is 1. The minimum atomic E-state index is -0.892. The third-order valence-electron chi connectivity index (χ3n) is 5.72. The molecule has 1 aliphatic heterocycles. The summed E-state index contributed by atoms with van der Waals surface area (Å²) in [6.07, 6.45) is 4.01. The Balaban J connectivity index is 1.58. The molecule has 1 aliphatic carbocycles. The zero-order valence-corrected chi connectivity index (χ0v) is 15.3. The van der Waals surface area contributed by atoms with Gasteiger partial charge in [-0.25, -0.2) is 0 Å². The summed E-state index contributed by atoms with van der Waals surface area (Å²) >= 11 is 0. The fraction of sp³-hybridized carbons (Fsp3) is 0.227. The number of amidine groups is 1. The van der Waals surface area contributed by atoms with Gasteiger partial charge in [0.2, 0.25) is 0 Å². The van der Waals surface area contributed by atoms with Crippen molar-refractivity contribution in [2.45, 2.75) is 24.5 Å². The molecule has 0 fully saturated rings. The van der Waals surface area contributed by atoms with Crippen LogP contribution in [-0.2, 0) is 5.79 Å².